The van der Waals surface area contributed by atoms with Gasteiger partial charge >= 0.3 is 0 Å². The molecule has 0 saturated carbocycles. The largest absolute Gasteiger partial charge is 0.388 e. The maximum absolute atomic E-state index is 11.6. The Labute approximate surface area is 163 Å². The molecule has 144 valence electrons. The van der Waals surface area contributed by atoms with Crippen LogP contribution < -0.4 is 0 Å². The first-order valence-electron chi connectivity index (χ1n) is 8.98. The highest BCUT2D eigenvalue weighted by molar-refractivity contribution is 7.90. The topological polar surface area (TPSA) is 79.5 Å². The maximum Gasteiger partial charge on any atom is 0.175 e. The molecule has 0 amide bonds. The summed E-state index contributed by atoms with van der Waals surface area (Å²) < 4.78 is 25.2. The smallest absolute Gasteiger partial charge is 0.175 e. The molecule has 5 nitrogen and oxygen atoms in total. The van der Waals surface area contributed by atoms with E-state index in [0.29, 0.717) is 5.56 Å². The van der Waals surface area contributed by atoms with E-state index in [9.17, 15) is 18.6 Å². The number of rotatable bonds is 5. The van der Waals surface area contributed by atoms with Crippen LogP contribution in [0.1, 0.15) is 11.7 Å². The molecular formula is C22H21NO4S. The monoisotopic (exact) mass is 395 g/mol. The fourth-order valence-electron chi connectivity index (χ4n) is 3.62. The summed E-state index contributed by atoms with van der Waals surface area (Å²) in [6.45, 7) is 0.211. The molecule has 0 aliphatic rings. The molecule has 4 rings (SSSR count). The number of hydrogen-bond acceptors (Lipinski definition) is 4. The molecule has 2 atom stereocenters. The lowest BCUT2D eigenvalue weighted by atomic mass is 10.0. The van der Waals surface area contributed by atoms with E-state index >= 15 is 0 Å². The van der Waals surface area contributed by atoms with Gasteiger partial charge in [-0.15, -0.1) is 0 Å². The summed E-state index contributed by atoms with van der Waals surface area (Å²) in [4.78, 5) is 0.181. The molecule has 0 spiro atoms. The Hall–Kier alpha value is -2.67. The lowest BCUT2D eigenvalue weighted by molar-refractivity contribution is 0.00949. The van der Waals surface area contributed by atoms with Gasteiger partial charge in [0, 0.05) is 28.1 Å². The second-order valence-corrected chi connectivity index (χ2v) is 9.01. The fraction of sp³-hybridized carbons (Fsp3) is 0.182. The van der Waals surface area contributed by atoms with Gasteiger partial charge in [0.05, 0.1) is 11.4 Å². The van der Waals surface area contributed by atoms with Crippen molar-refractivity contribution >= 4 is 31.6 Å². The average Bonchev–Trinajstić information content (AvgIpc) is 3.01. The number of aromatic nitrogens is 1. The molecule has 2 N–H and O–H groups in total. The van der Waals surface area contributed by atoms with E-state index in [-0.39, 0.29) is 11.4 Å². The minimum Gasteiger partial charge on any atom is -0.388 e. The van der Waals surface area contributed by atoms with Crippen molar-refractivity contribution in [3.8, 4) is 0 Å². The van der Waals surface area contributed by atoms with Crippen LogP contribution in [0.4, 0.5) is 0 Å². The number of aliphatic hydroxyl groups excluding tert-OH is 2. The van der Waals surface area contributed by atoms with E-state index in [2.05, 4.69) is 0 Å². The van der Waals surface area contributed by atoms with E-state index in [1.165, 1.54) is 24.3 Å². The zero-order valence-corrected chi connectivity index (χ0v) is 16.2. The number of para-hydroxylation sites is 2. The van der Waals surface area contributed by atoms with Crippen LogP contribution >= 0.6 is 0 Å². The average molecular weight is 395 g/mol. The summed E-state index contributed by atoms with van der Waals surface area (Å²) in [5.74, 6) is 0. The molecule has 1 heterocycles. The predicted molar refractivity (Wildman–Crippen MR) is 110 cm³/mol. The molecule has 0 saturated heterocycles. The first-order valence-corrected chi connectivity index (χ1v) is 10.9. The van der Waals surface area contributed by atoms with Gasteiger partial charge in [0.25, 0.3) is 0 Å². The summed E-state index contributed by atoms with van der Waals surface area (Å²) in [6, 6.07) is 21.9. The third-order valence-corrected chi connectivity index (χ3v) is 6.19. The minimum absolute atomic E-state index is 0.181. The molecule has 0 bridgehead atoms. The lowest BCUT2D eigenvalue weighted by Crippen LogP contribution is -2.24. The number of nitrogens with zero attached hydrogens (tertiary/aromatic N) is 1. The SMILES string of the molecule is CS(=O)(=O)c1ccc(C(O)C(O)Cn2c3ccccc3c3ccccc32)cc1. The van der Waals surface area contributed by atoms with Crippen LogP contribution in [-0.4, -0.2) is 35.6 Å². The van der Waals surface area contributed by atoms with E-state index < -0.39 is 22.0 Å². The zero-order valence-electron chi connectivity index (χ0n) is 15.4. The van der Waals surface area contributed by atoms with E-state index in [0.717, 1.165) is 28.1 Å². The van der Waals surface area contributed by atoms with E-state index in [4.69, 9.17) is 0 Å². The van der Waals surface area contributed by atoms with Gasteiger partial charge in [-0.3, -0.25) is 0 Å². The van der Waals surface area contributed by atoms with Gasteiger partial charge < -0.3 is 14.8 Å². The summed E-state index contributed by atoms with van der Waals surface area (Å²) >= 11 is 0. The Morgan fingerprint density at radius 2 is 1.32 bits per heavy atom. The van der Waals surface area contributed by atoms with Crippen molar-refractivity contribution in [2.75, 3.05) is 6.26 Å². The molecule has 28 heavy (non-hydrogen) atoms. The first kappa shape index (κ1) is 18.7. The van der Waals surface area contributed by atoms with Gasteiger partial charge in [-0.1, -0.05) is 48.5 Å². The molecule has 0 aliphatic heterocycles. The maximum atomic E-state index is 11.6. The number of sulfone groups is 1. The van der Waals surface area contributed by atoms with Crippen LogP contribution in [0, 0.1) is 0 Å². The molecule has 0 aliphatic carbocycles. The van der Waals surface area contributed by atoms with Crippen molar-refractivity contribution < 1.29 is 18.6 Å². The van der Waals surface area contributed by atoms with Gasteiger partial charge in [-0.2, -0.15) is 0 Å². The molecule has 2 unspecified atom stereocenters. The molecular weight excluding hydrogens is 374 g/mol. The molecule has 6 heteroatoms. The quantitative estimate of drug-likeness (QED) is 0.543. The molecule has 0 fully saturated rings. The second-order valence-electron chi connectivity index (χ2n) is 7.00. The third kappa shape index (κ3) is 3.30. The van der Waals surface area contributed by atoms with Crippen molar-refractivity contribution in [1.29, 1.82) is 0 Å². The Bertz CT molecular complexity index is 1190. The summed E-state index contributed by atoms with van der Waals surface area (Å²) in [6.07, 6.45) is -1.05. The van der Waals surface area contributed by atoms with Crippen molar-refractivity contribution in [2.45, 2.75) is 23.6 Å². The number of benzene rings is 3. The Balaban J connectivity index is 1.67. The Morgan fingerprint density at radius 1 is 0.821 bits per heavy atom. The van der Waals surface area contributed by atoms with Crippen molar-refractivity contribution in [3.63, 3.8) is 0 Å². The molecule has 0 radical (unpaired) electrons. The molecule has 3 aromatic carbocycles. The summed E-state index contributed by atoms with van der Waals surface area (Å²) in [5, 5.41) is 23.5. The van der Waals surface area contributed by atoms with Crippen LogP contribution in [0.2, 0.25) is 0 Å². The fourth-order valence-corrected chi connectivity index (χ4v) is 4.25. The van der Waals surface area contributed by atoms with Crippen molar-refractivity contribution in [1.82, 2.24) is 4.57 Å². The zero-order chi connectivity index (χ0) is 19.9. The summed E-state index contributed by atoms with van der Waals surface area (Å²) in [7, 11) is -3.30. The lowest BCUT2D eigenvalue weighted by Gasteiger charge is -2.20. The van der Waals surface area contributed by atoms with Gasteiger partial charge in [0.2, 0.25) is 0 Å². The van der Waals surface area contributed by atoms with Crippen LogP contribution in [0.5, 0.6) is 0 Å². The Morgan fingerprint density at radius 3 is 1.82 bits per heavy atom. The molecule has 1 aromatic heterocycles. The Kier molecular flexibility index (Phi) is 4.71. The third-order valence-electron chi connectivity index (χ3n) is 5.06. The predicted octanol–water partition coefficient (Wildman–Crippen LogP) is 3.29. The number of aliphatic hydroxyl groups is 2. The van der Waals surface area contributed by atoms with Crippen LogP contribution in [0.3, 0.4) is 0 Å². The van der Waals surface area contributed by atoms with Crippen LogP contribution in [0.15, 0.2) is 77.7 Å². The van der Waals surface area contributed by atoms with Gasteiger partial charge in [0.15, 0.2) is 9.84 Å². The van der Waals surface area contributed by atoms with Crippen molar-refractivity contribution in [2.24, 2.45) is 0 Å². The first-order chi connectivity index (χ1) is 13.4. The van der Waals surface area contributed by atoms with Gasteiger partial charge in [0.1, 0.15) is 12.2 Å². The van der Waals surface area contributed by atoms with Gasteiger partial charge in [-0.05, 0) is 29.8 Å². The highest BCUT2D eigenvalue weighted by Crippen LogP contribution is 2.30. The summed E-state index contributed by atoms with van der Waals surface area (Å²) in [5.41, 5.74) is 2.45. The highest BCUT2D eigenvalue weighted by Gasteiger charge is 2.21. The second kappa shape index (κ2) is 7.05. The standard InChI is InChI=1S/C22H21NO4S/c1-28(26,27)16-12-10-15(11-13-16)22(25)21(24)14-23-19-8-4-2-6-17(19)18-7-3-5-9-20(18)23/h2-13,21-22,24-25H,14H2,1H3. The molecule has 4 aromatic rings. The highest BCUT2D eigenvalue weighted by atomic mass is 32.2. The van der Waals surface area contributed by atoms with E-state index in [1.807, 2.05) is 53.1 Å². The van der Waals surface area contributed by atoms with Crippen molar-refractivity contribution in [3.05, 3.63) is 78.4 Å². The number of fused-ring (bicyclic) bond motifs is 3. The van der Waals surface area contributed by atoms with Gasteiger partial charge in [-0.25, -0.2) is 8.42 Å². The van der Waals surface area contributed by atoms with Crippen LogP contribution in [-0.2, 0) is 16.4 Å². The normalized spacial score (nSPS) is 14.4. The van der Waals surface area contributed by atoms with E-state index in [1.54, 1.807) is 0 Å². The van der Waals surface area contributed by atoms with Crippen LogP contribution in [0.25, 0.3) is 21.8 Å². The number of hydrogen-bond donors (Lipinski definition) is 2. The minimum atomic E-state index is -3.30.